The van der Waals surface area contributed by atoms with Crippen molar-refractivity contribution in [3.63, 3.8) is 0 Å². The van der Waals surface area contributed by atoms with Crippen LogP contribution in [0.3, 0.4) is 0 Å². The van der Waals surface area contributed by atoms with Gasteiger partial charge in [-0.1, -0.05) is 42.5 Å². The molecule has 1 aliphatic heterocycles. The first-order chi connectivity index (χ1) is 14.2. The Morgan fingerprint density at radius 3 is 2.55 bits per heavy atom. The number of anilines is 2. The van der Waals surface area contributed by atoms with Crippen molar-refractivity contribution in [2.75, 3.05) is 23.3 Å². The Bertz CT molecular complexity index is 1050. The first-order valence-corrected chi connectivity index (χ1v) is 9.83. The summed E-state index contributed by atoms with van der Waals surface area (Å²) in [5, 5.41) is 11.2. The summed E-state index contributed by atoms with van der Waals surface area (Å²) in [5.41, 5.74) is 3.19. The molecule has 1 amide bonds. The fraction of sp³-hybridized carbons (Fsp3) is 0.217. The number of carbonyl (C=O) groups excluding carboxylic acids is 1. The minimum absolute atomic E-state index is 0.142. The second-order valence-corrected chi connectivity index (χ2v) is 7.51. The lowest BCUT2D eigenvalue weighted by Gasteiger charge is -2.39. The minimum atomic E-state index is -0.312. The van der Waals surface area contributed by atoms with E-state index in [-0.39, 0.29) is 17.0 Å². The summed E-state index contributed by atoms with van der Waals surface area (Å²) < 4.78 is 0. The summed E-state index contributed by atoms with van der Waals surface area (Å²) in [6, 6.07) is 17.6. The average Bonchev–Trinajstić information content (AvgIpc) is 3.13. The fourth-order valence-electron chi connectivity index (χ4n) is 4.24. The number of nitrogens with one attached hydrogen (secondary N) is 1. The second kappa shape index (κ2) is 7.13. The number of rotatable bonds is 3. The van der Waals surface area contributed by atoms with Crippen molar-refractivity contribution in [1.29, 1.82) is 0 Å². The van der Waals surface area contributed by atoms with Crippen LogP contribution in [-0.2, 0) is 5.41 Å². The summed E-state index contributed by atoms with van der Waals surface area (Å²) in [6.07, 6.45) is 8.34. The van der Waals surface area contributed by atoms with Crippen molar-refractivity contribution in [3.8, 4) is 0 Å². The molecule has 1 N–H and O–H groups in total. The van der Waals surface area contributed by atoms with Crippen molar-refractivity contribution >= 4 is 23.6 Å². The molecule has 29 heavy (non-hydrogen) atoms. The molecule has 0 saturated carbocycles. The van der Waals surface area contributed by atoms with Gasteiger partial charge >= 0.3 is 0 Å². The quantitative estimate of drug-likeness (QED) is 0.747. The Hall–Kier alpha value is -3.54. The van der Waals surface area contributed by atoms with Crippen LogP contribution in [0.2, 0.25) is 0 Å². The van der Waals surface area contributed by atoms with Gasteiger partial charge in [-0.25, -0.2) is 4.98 Å². The van der Waals surface area contributed by atoms with E-state index in [4.69, 9.17) is 0 Å². The molecular weight excluding hydrogens is 362 g/mol. The molecule has 3 aromatic rings. The molecule has 0 atom stereocenters. The zero-order valence-corrected chi connectivity index (χ0v) is 16.0. The summed E-state index contributed by atoms with van der Waals surface area (Å²) in [4.78, 5) is 18.6. The SMILES string of the molecule is O=C(Nc1ccccn1)c1ccc(N2CCC3(C=Cc4ccccc43)CC2)nn1. The Morgan fingerprint density at radius 2 is 1.79 bits per heavy atom. The molecule has 144 valence electrons. The number of carbonyl (C=O) groups is 1. The van der Waals surface area contributed by atoms with Crippen molar-refractivity contribution < 1.29 is 4.79 Å². The minimum Gasteiger partial charge on any atom is -0.355 e. The number of piperidine rings is 1. The number of amides is 1. The largest absolute Gasteiger partial charge is 0.355 e. The number of allylic oxidation sites excluding steroid dienone is 1. The van der Waals surface area contributed by atoms with Gasteiger partial charge in [-0.15, -0.1) is 10.2 Å². The third-order valence-corrected chi connectivity index (χ3v) is 5.85. The molecule has 1 spiro atoms. The number of hydrogen-bond acceptors (Lipinski definition) is 5. The monoisotopic (exact) mass is 383 g/mol. The molecule has 2 aliphatic rings. The van der Waals surface area contributed by atoms with Crippen LogP contribution >= 0.6 is 0 Å². The van der Waals surface area contributed by atoms with Crippen LogP contribution in [0.25, 0.3) is 6.08 Å². The normalized spacial score (nSPS) is 16.6. The average molecular weight is 383 g/mol. The Labute approximate surface area is 169 Å². The highest BCUT2D eigenvalue weighted by Crippen LogP contribution is 2.43. The molecule has 3 heterocycles. The number of fused-ring (bicyclic) bond motifs is 2. The molecule has 6 nitrogen and oxygen atoms in total. The van der Waals surface area contributed by atoms with Crippen LogP contribution in [0, 0.1) is 0 Å². The van der Waals surface area contributed by atoms with E-state index in [1.54, 1.807) is 24.4 Å². The lowest BCUT2D eigenvalue weighted by molar-refractivity contribution is 0.102. The third-order valence-electron chi connectivity index (χ3n) is 5.85. The van der Waals surface area contributed by atoms with Gasteiger partial charge in [-0.05, 0) is 48.2 Å². The number of hydrogen-bond donors (Lipinski definition) is 1. The van der Waals surface area contributed by atoms with Crippen LogP contribution in [0.5, 0.6) is 0 Å². The van der Waals surface area contributed by atoms with E-state index in [1.807, 2.05) is 12.1 Å². The smallest absolute Gasteiger partial charge is 0.277 e. The second-order valence-electron chi connectivity index (χ2n) is 7.51. The molecule has 6 heteroatoms. The Morgan fingerprint density at radius 1 is 0.966 bits per heavy atom. The van der Waals surface area contributed by atoms with Gasteiger partial charge in [-0.2, -0.15) is 0 Å². The number of nitrogens with zero attached hydrogens (tertiary/aromatic N) is 4. The van der Waals surface area contributed by atoms with E-state index in [0.717, 1.165) is 31.7 Å². The molecule has 1 saturated heterocycles. The summed E-state index contributed by atoms with van der Waals surface area (Å²) >= 11 is 0. The molecular formula is C23H21N5O. The summed E-state index contributed by atoms with van der Waals surface area (Å²) in [6.45, 7) is 1.82. The number of pyridine rings is 1. The molecule has 5 rings (SSSR count). The van der Waals surface area contributed by atoms with Crippen LogP contribution in [0.15, 0.2) is 66.9 Å². The third kappa shape index (κ3) is 3.27. The van der Waals surface area contributed by atoms with E-state index in [0.29, 0.717) is 5.82 Å². The maximum atomic E-state index is 12.3. The first kappa shape index (κ1) is 17.6. The van der Waals surface area contributed by atoms with Gasteiger partial charge in [-0.3, -0.25) is 4.79 Å². The standard InChI is InChI=1S/C23H21N5O/c29-22(25-20-7-3-4-14-24-20)19-8-9-21(27-26-19)28-15-12-23(13-16-28)11-10-17-5-1-2-6-18(17)23/h1-11,14H,12-13,15-16H2,(H,24,25,29). The van der Waals surface area contributed by atoms with E-state index < -0.39 is 0 Å². The zero-order chi connectivity index (χ0) is 19.7. The highest BCUT2D eigenvalue weighted by atomic mass is 16.2. The predicted molar refractivity (Wildman–Crippen MR) is 113 cm³/mol. The topological polar surface area (TPSA) is 71.0 Å². The van der Waals surface area contributed by atoms with Gasteiger partial charge < -0.3 is 10.2 Å². The molecule has 1 fully saturated rings. The van der Waals surface area contributed by atoms with Gasteiger partial charge in [0.15, 0.2) is 11.5 Å². The Kier molecular flexibility index (Phi) is 4.31. The van der Waals surface area contributed by atoms with Gasteiger partial charge in [0.2, 0.25) is 0 Å². The lowest BCUT2D eigenvalue weighted by atomic mass is 9.74. The van der Waals surface area contributed by atoms with Crippen LogP contribution in [0.4, 0.5) is 11.6 Å². The van der Waals surface area contributed by atoms with E-state index in [2.05, 4.69) is 61.8 Å². The Balaban J connectivity index is 1.25. The molecule has 0 radical (unpaired) electrons. The maximum Gasteiger partial charge on any atom is 0.277 e. The fourth-order valence-corrected chi connectivity index (χ4v) is 4.24. The molecule has 1 aliphatic carbocycles. The van der Waals surface area contributed by atoms with Gasteiger partial charge in [0.1, 0.15) is 5.82 Å². The number of benzene rings is 1. The van der Waals surface area contributed by atoms with Crippen molar-refractivity contribution in [1.82, 2.24) is 15.2 Å². The predicted octanol–water partition coefficient (Wildman–Crippen LogP) is 3.69. The van der Waals surface area contributed by atoms with Crippen LogP contribution < -0.4 is 10.2 Å². The van der Waals surface area contributed by atoms with Gasteiger partial charge in [0, 0.05) is 24.7 Å². The van der Waals surface area contributed by atoms with Crippen LogP contribution in [0.1, 0.15) is 34.5 Å². The summed E-state index contributed by atoms with van der Waals surface area (Å²) in [5.74, 6) is 0.993. The molecule has 2 aromatic heterocycles. The van der Waals surface area contributed by atoms with Crippen molar-refractivity contribution in [2.24, 2.45) is 0 Å². The first-order valence-electron chi connectivity index (χ1n) is 9.83. The van der Waals surface area contributed by atoms with E-state index in [1.165, 1.54) is 11.1 Å². The zero-order valence-electron chi connectivity index (χ0n) is 16.0. The van der Waals surface area contributed by atoms with Crippen molar-refractivity contribution in [3.05, 3.63) is 83.7 Å². The molecule has 0 bridgehead atoms. The van der Waals surface area contributed by atoms with Crippen LogP contribution in [-0.4, -0.2) is 34.2 Å². The summed E-state index contributed by atoms with van der Waals surface area (Å²) in [7, 11) is 0. The number of aromatic nitrogens is 3. The molecule has 0 unspecified atom stereocenters. The van der Waals surface area contributed by atoms with E-state index in [9.17, 15) is 4.79 Å². The van der Waals surface area contributed by atoms with Gasteiger partial charge in [0.25, 0.3) is 5.91 Å². The maximum absolute atomic E-state index is 12.3. The van der Waals surface area contributed by atoms with Crippen molar-refractivity contribution in [2.45, 2.75) is 18.3 Å². The van der Waals surface area contributed by atoms with Gasteiger partial charge in [0.05, 0.1) is 0 Å². The lowest BCUT2D eigenvalue weighted by Crippen LogP contribution is -2.41. The highest BCUT2D eigenvalue weighted by molar-refractivity contribution is 6.02. The van der Waals surface area contributed by atoms with E-state index >= 15 is 0 Å². The highest BCUT2D eigenvalue weighted by Gasteiger charge is 2.38. The molecule has 1 aromatic carbocycles.